The minimum absolute atomic E-state index is 0.121. The number of ether oxygens (including phenoxy) is 1. The number of carbonyl (C=O) groups is 2. The lowest BCUT2D eigenvalue weighted by molar-refractivity contribution is -0.149. The van der Waals surface area contributed by atoms with Crippen LogP contribution >= 0.6 is 0 Å². The summed E-state index contributed by atoms with van der Waals surface area (Å²) in [6.07, 6.45) is 35.6. The highest BCUT2D eigenvalue weighted by Gasteiger charge is 2.13. The fourth-order valence-electron chi connectivity index (χ4n) is 3.15. The van der Waals surface area contributed by atoms with Crippen molar-refractivity contribution >= 4 is 11.9 Å². The molecule has 0 aromatic heterocycles. The van der Waals surface area contributed by atoms with E-state index in [2.05, 4.69) is 73.8 Å². The van der Waals surface area contributed by atoms with Gasteiger partial charge in [0, 0.05) is 12.8 Å². The first kappa shape index (κ1) is 31.4. The summed E-state index contributed by atoms with van der Waals surface area (Å²) in [4.78, 5) is 22.6. The zero-order valence-corrected chi connectivity index (χ0v) is 21.4. The van der Waals surface area contributed by atoms with Gasteiger partial charge in [-0.2, -0.15) is 0 Å². The first-order chi connectivity index (χ1) is 16.6. The molecule has 0 saturated heterocycles. The number of esters is 1. The van der Waals surface area contributed by atoms with Gasteiger partial charge in [-0.1, -0.05) is 93.2 Å². The van der Waals surface area contributed by atoms with Gasteiger partial charge in [-0.15, -0.1) is 0 Å². The van der Waals surface area contributed by atoms with Gasteiger partial charge in [-0.05, 0) is 64.2 Å². The Morgan fingerprint density at radius 2 is 1.15 bits per heavy atom. The predicted molar refractivity (Wildman–Crippen MR) is 144 cm³/mol. The van der Waals surface area contributed by atoms with Crippen molar-refractivity contribution in [3.8, 4) is 0 Å². The molecular weight excluding hydrogens is 424 g/mol. The molecule has 1 unspecified atom stereocenters. The molecule has 0 aromatic carbocycles. The van der Waals surface area contributed by atoms with Crippen molar-refractivity contribution < 1.29 is 19.4 Å². The topological polar surface area (TPSA) is 63.6 Å². The van der Waals surface area contributed by atoms with E-state index in [4.69, 9.17) is 9.84 Å². The lowest BCUT2D eigenvalue weighted by atomic mass is 10.1. The molecule has 0 fully saturated rings. The SMILES string of the molecule is CC/C=C\C/C=C\C/C=C\C/C=C\C/C=C\C/C=C\CCC(=O)OC(CCC)CCCC(=O)O. The van der Waals surface area contributed by atoms with E-state index in [0.717, 1.165) is 51.4 Å². The number of carboxylic acid groups (broad SMARTS) is 1. The fraction of sp³-hybridized carbons (Fsp3) is 0.533. The molecule has 1 N–H and O–H groups in total. The molecule has 4 heteroatoms. The van der Waals surface area contributed by atoms with E-state index in [-0.39, 0.29) is 18.5 Å². The van der Waals surface area contributed by atoms with Gasteiger partial charge in [-0.25, -0.2) is 0 Å². The van der Waals surface area contributed by atoms with Crippen LogP contribution in [0.15, 0.2) is 72.9 Å². The molecule has 0 bridgehead atoms. The van der Waals surface area contributed by atoms with Crippen LogP contribution in [0.2, 0.25) is 0 Å². The van der Waals surface area contributed by atoms with Crippen LogP contribution < -0.4 is 0 Å². The maximum atomic E-state index is 12.0. The van der Waals surface area contributed by atoms with E-state index in [1.165, 1.54) is 0 Å². The summed E-state index contributed by atoms with van der Waals surface area (Å²) < 4.78 is 5.51. The molecule has 0 amide bonds. The van der Waals surface area contributed by atoms with Crippen molar-refractivity contribution in [3.63, 3.8) is 0 Å². The Kier molecular flexibility index (Phi) is 23.1. The van der Waals surface area contributed by atoms with Gasteiger partial charge in [0.25, 0.3) is 0 Å². The third-order valence-electron chi connectivity index (χ3n) is 4.94. The van der Waals surface area contributed by atoms with Gasteiger partial charge in [0.2, 0.25) is 0 Å². The molecule has 0 spiro atoms. The molecule has 34 heavy (non-hydrogen) atoms. The summed E-state index contributed by atoms with van der Waals surface area (Å²) in [6.45, 7) is 4.18. The van der Waals surface area contributed by atoms with E-state index in [0.29, 0.717) is 25.7 Å². The highest BCUT2D eigenvalue weighted by atomic mass is 16.5. The number of aliphatic carboxylic acids is 1. The zero-order valence-electron chi connectivity index (χ0n) is 21.4. The van der Waals surface area contributed by atoms with Crippen LogP contribution in [0.1, 0.15) is 97.3 Å². The molecule has 190 valence electrons. The monoisotopic (exact) mass is 470 g/mol. The number of carboxylic acids is 1. The molecule has 0 rings (SSSR count). The predicted octanol–water partition coefficient (Wildman–Crippen LogP) is 8.43. The summed E-state index contributed by atoms with van der Waals surface area (Å²) in [5.74, 6) is -1.01. The maximum absolute atomic E-state index is 12.0. The van der Waals surface area contributed by atoms with Crippen LogP contribution in [0.25, 0.3) is 0 Å². The van der Waals surface area contributed by atoms with Gasteiger partial charge in [0.15, 0.2) is 0 Å². The second-order valence-corrected chi connectivity index (χ2v) is 8.14. The van der Waals surface area contributed by atoms with Gasteiger partial charge < -0.3 is 9.84 Å². The molecular formula is C30H46O4. The number of rotatable bonds is 21. The van der Waals surface area contributed by atoms with Crippen molar-refractivity contribution in [1.29, 1.82) is 0 Å². The average Bonchev–Trinajstić information content (AvgIpc) is 2.80. The third-order valence-corrected chi connectivity index (χ3v) is 4.94. The van der Waals surface area contributed by atoms with E-state index in [9.17, 15) is 9.59 Å². The first-order valence-corrected chi connectivity index (χ1v) is 12.9. The van der Waals surface area contributed by atoms with Crippen LogP contribution in [0.4, 0.5) is 0 Å². The van der Waals surface area contributed by atoms with Gasteiger partial charge >= 0.3 is 11.9 Å². The molecule has 0 aliphatic carbocycles. The van der Waals surface area contributed by atoms with Crippen molar-refractivity contribution in [2.45, 2.75) is 103 Å². The highest BCUT2D eigenvalue weighted by Crippen LogP contribution is 2.13. The Balaban J connectivity index is 3.81. The second kappa shape index (κ2) is 25.0. The van der Waals surface area contributed by atoms with Crippen LogP contribution in [-0.4, -0.2) is 23.1 Å². The van der Waals surface area contributed by atoms with Gasteiger partial charge in [0.1, 0.15) is 6.10 Å². The highest BCUT2D eigenvalue weighted by molar-refractivity contribution is 5.69. The summed E-state index contributed by atoms with van der Waals surface area (Å²) in [5, 5.41) is 8.74. The Bertz CT molecular complexity index is 680. The Morgan fingerprint density at radius 1 is 0.676 bits per heavy atom. The quantitative estimate of drug-likeness (QED) is 0.135. The molecule has 0 aliphatic rings. The normalized spacial score (nSPS) is 13.5. The number of hydrogen-bond donors (Lipinski definition) is 1. The minimum atomic E-state index is -0.806. The fourth-order valence-corrected chi connectivity index (χ4v) is 3.15. The number of hydrogen-bond acceptors (Lipinski definition) is 3. The largest absolute Gasteiger partial charge is 0.481 e. The van der Waals surface area contributed by atoms with Crippen LogP contribution in [0.5, 0.6) is 0 Å². The van der Waals surface area contributed by atoms with Crippen molar-refractivity contribution in [2.75, 3.05) is 0 Å². The lowest BCUT2D eigenvalue weighted by Crippen LogP contribution is -2.18. The first-order valence-electron chi connectivity index (χ1n) is 12.9. The van der Waals surface area contributed by atoms with Gasteiger partial charge in [-0.3, -0.25) is 9.59 Å². The number of carbonyl (C=O) groups excluding carboxylic acids is 1. The molecule has 0 aliphatic heterocycles. The van der Waals surface area contributed by atoms with E-state index in [1.807, 2.05) is 13.0 Å². The van der Waals surface area contributed by atoms with Gasteiger partial charge in [0.05, 0.1) is 0 Å². The molecule has 1 atom stereocenters. The van der Waals surface area contributed by atoms with E-state index in [1.54, 1.807) is 0 Å². The Morgan fingerprint density at radius 3 is 1.59 bits per heavy atom. The Hall–Kier alpha value is -2.62. The van der Waals surface area contributed by atoms with Crippen molar-refractivity contribution in [2.24, 2.45) is 0 Å². The van der Waals surface area contributed by atoms with Crippen LogP contribution in [0, 0.1) is 0 Å². The summed E-state index contributed by atoms with van der Waals surface area (Å²) in [5.41, 5.74) is 0. The smallest absolute Gasteiger partial charge is 0.306 e. The van der Waals surface area contributed by atoms with Crippen molar-refractivity contribution in [1.82, 2.24) is 0 Å². The minimum Gasteiger partial charge on any atom is -0.481 e. The summed E-state index contributed by atoms with van der Waals surface area (Å²) in [7, 11) is 0. The maximum Gasteiger partial charge on any atom is 0.306 e. The van der Waals surface area contributed by atoms with E-state index < -0.39 is 5.97 Å². The van der Waals surface area contributed by atoms with Crippen LogP contribution in [0.3, 0.4) is 0 Å². The molecule has 0 heterocycles. The van der Waals surface area contributed by atoms with Crippen LogP contribution in [-0.2, 0) is 14.3 Å². The zero-order chi connectivity index (χ0) is 25.1. The number of allylic oxidation sites excluding steroid dienone is 12. The lowest BCUT2D eigenvalue weighted by Gasteiger charge is -2.16. The molecule has 4 nitrogen and oxygen atoms in total. The third kappa shape index (κ3) is 24.0. The molecule has 0 aromatic rings. The summed E-state index contributed by atoms with van der Waals surface area (Å²) >= 11 is 0. The summed E-state index contributed by atoms with van der Waals surface area (Å²) in [6, 6.07) is 0. The second-order valence-electron chi connectivity index (χ2n) is 8.14. The Labute approximate surface area is 207 Å². The van der Waals surface area contributed by atoms with Crippen molar-refractivity contribution in [3.05, 3.63) is 72.9 Å². The average molecular weight is 471 g/mol. The standard InChI is InChI=1S/C30H46O4/c1-3-5-6-7-8-9-10-11-12-13-14-15-16-17-18-19-20-21-22-27-30(33)34-28(24-4-2)25-23-26-29(31)32/h5-6,8-9,11-12,14-15,17-18,20-21,28H,3-4,7,10,13,16,19,22-27H2,1-2H3,(H,31,32)/b6-5-,9-8-,12-11-,15-14-,18-17-,21-20-. The van der Waals surface area contributed by atoms with E-state index >= 15 is 0 Å². The molecule has 0 radical (unpaired) electrons. The molecule has 0 saturated carbocycles.